The van der Waals surface area contributed by atoms with Gasteiger partial charge in [-0.2, -0.15) is 0 Å². The number of hydrogen-bond acceptors (Lipinski definition) is 3. The molecule has 0 saturated heterocycles. The molecule has 0 radical (unpaired) electrons. The Bertz CT molecular complexity index is 635. The van der Waals surface area contributed by atoms with Gasteiger partial charge in [-0.1, -0.05) is 44.2 Å². The van der Waals surface area contributed by atoms with Gasteiger partial charge in [0.1, 0.15) is 0 Å². The van der Waals surface area contributed by atoms with E-state index in [-0.39, 0.29) is 23.7 Å². The Balaban J connectivity index is 1.83. The topological polar surface area (TPSA) is 69.2 Å². The summed E-state index contributed by atoms with van der Waals surface area (Å²) in [4.78, 5) is 24.1. The molecule has 0 spiro atoms. The van der Waals surface area contributed by atoms with E-state index in [0.29, 0.717) is 0 Å². The van der Waals surface area contributed by atoms with Gasteiger partial charge < -0.3 is 15.2 Å². The highest BCUT2D eigenvalue weighted by molar-refractivity contribution is 5.96. The van der Waals surface area contributed by atoms with Gasteiger partial charge in [-0.25, -0.2) is 0 Å². The molecule has 22 heavy (non-hydrogen) atoms. The number of allylic oxidation sites excluding steroid dienone is 2. The molecule has 0 unspecified atom stereocenters. The van der Waals surface area contributed by atoms with E-state index >= 15 is 0 Å². The lowest BCUT2D eigenvalue weighted by Gasteiger charge is -2.28. The average Bonchev–Trinajstić information content (AvgIpc) is 3.08. The normalized spacial score (nSPS) is 29.0. The lowest BCUT2D eigenvalue weighted by Crippen LogP contribution is -2.43. The van der Waals surface area contributed by atoms with Crippen LogP contribution in [0, 0.1) is 23.7 Å². The molecule has 0 aliphatic heterocycles. The second-order valence-electron chi connectivity index (χ2n) is 6.55. The number of nitrogens with one attached hydrogen (secondary N) is 1. The predicted octanol–water partition coefficient (Wildman–Crippen LogP) is 1.94. The standard InChI is InChI=1S/C18H21NO3/c1-10(2)13-5-3-4-6-14(13)19-17(20)15-11-7-8-12(9-11)16(15)18(21)22/h3-8,10-12,15-16H,9H2,1-2H3,(H,19,20)(H,21,22)/p-1/t11-,12+,15+,16+/m1/s1. The summed E-state index contributed by atoms with van der Waals surface area (Å²) in [5, 5.41) is 14.3. The van der Waals surface area contributed by atoms with Crippen LogP contribution in [0.1, 0.15) is 31.7 Å². The summed E-state index contributed by atoms with van der Waals surface area (Å²) in [5.74, 6) is -2.33. The van der Waals surface area contributed by atoms with E-state index in [0.717, 1.165) is 17.7 Å². The van der Waals surface area contributed by atoms with Gasteiger partial charge in [-0.3, -0.25) is 4.79 Å². The van der Waals surface area contributed by atoms with E-state index in [9.17, 15) is 14.7 Å². The maximum absolute atomic E-state index is 12.7. The summed E-state index contributed by atoms with van der Waals surface area (Å²) in [6, 6.07) is 7.66. The molecule has 1 saturated carbocycles. The predicted molar refractivity (Wildman–Crippen MR) is 81.9 cm³/mol. The Morgan fingerprint density at radius 2 is 1.77 bits per heavy atom. The van der Waals surface area contributed by atoms with Crippen molar-refractivity contribution < 1.29 is 14.7 Å². The molecule has 4 atom stereocenters. The fraction of sp³-hybridized carbons (Fsp3) is 0.444. The average molecular weight is 298 g/mol. The Hall–Kier alpha value is -2.10. The number of carbonyl (C=O) groups is 2. The number of carboxylic acids is 1. The molecule has 0 aromatic heterocycles. The van der Waals surface area contributed by atoms with Crippen molar-refractivity contribution in [3.8, 4) is 0 Å². The third kappa shape index (κ3) is 2.43. The molecule has 3 rings (SSSR count). The Labute approximate surface area is 130 Å². The highest BCUT2D eigenvalue weighted by Crippen LogP contribution is 2.48. The number of rotatable bonds is 4. The molecule has 4 heteroatoms. The molecule has 1 amide bonds. The first kappa shape index (κ1) is 14.8. The number of anilines is 1. The van der Waals surface area contributed by atoms with Crippen LogP contribution in [0.15, 0.2) is 36.4 Å². The number of para-hydroxylation sites is 1. The van der Waals surface area contributed by atoms with Crippen molar-refractivity contribution in [1.82, 2.24) is 0 Å². The van der Waals surface area contributed by atoms with E-state index in [2.05, 4.69) is 19.2 Å². The molecular weight excluding hydrogens is 278 g/mol. The molecule has 1 fully saturated rings. The molecule has 2 aliphatic rings. The molecule has 1 N–H and O–H groups in total. The third-order valence-electron chi connectivity index (χ3n) is 4.87. The van der Waals surface area contributed by atoms with Crippen molar-refractivity contribution in [2.75, 3.05) is 5.32 Å². The molecule has 4 nitrogen and oxygen atoms in total. The zero-order chi connectivity index (χ0) is 15.9. The smallest absolute Gasteiger partial charge is 0.228 e. The van der Waals surface area contributed by atoms with Gasteiger partial charge in [0.2, 0.25) is 5.91 Å². The van der Waals surface area contributed by atoms with Crippen molar-refractivity contribution >= 4 is 17.6 Å². The second-order valence-corrected chi connectivity index (χ2v) is 6.55. The minimum absolute atomic E-state index is 0.0131. The lowest BCUT2D eigenvalue weighted by molar-refractivity contribution is -0.313. The Kier molecular flexibility index (Phi) is 3.77. The number of amides is 1. The van der Waals surface area contributed by atoms with Gasteiger partial charge in [0.25, 0.3) is 0 Å². The minimum atomic E-state index is -1.12. The van der Waals surface area contributed by atoms with Crippen LogP contribution in [0.25, 0.3) is 0 Å². The number of hydrogen-bond donors (Lipinski definition) is 1. The molecule has 1 aromatic carbocycles. The van der Waals surface area contributed by atoms with Gasteiger partial charge in [-0.15, -0.1) is 0 Å². The van der Waals surface area contributed by atoms with Crippen LogP contribution >= 0.6 is 0 Å². The summed E-state index contributed by atoms with van der Waals surface area (Å²) >= 11 is 0. The largest absolute Gasteiger partial charge is 0.550 e. The highest BCUT2D eigenvalue weighted by Gasteiger charge is 2.48. The van der Waals surface area contributed by atoms with Gasteiger partial charge in [-0.05, 0) is 35.8 Å². The summed E-state index contributed by atoms with van der Waals surface area (Å²) < 4.78 is 0. The van der Waals surface area contributed by atoms with Crippen LogP contribution in [0.3, 0.4) is 0 Å². The van der Waals surface area contributed by atoms with Gasteiger partial charge in [0.15, 0.2) is 0 Å². The molecule has 2 aliphatic carbocycles. The van der Waals surface area contributed by atoms with E-state index in [4.69, 9.17) is 0 Å². The first-order valence-electron chi connectivity index (χ1n) is 7.78. The molecule has 2 bridgehead atoms. The minimum Gasteiger partial charge on any atom is -0.550 e. The van der Waals surface area contributed by atoms with Crippen molar-refractivity contribution in [1.29, 1.82) is 0 Å². The first-order valence-corrected chi connectivity index (χ1v) is 7.78. The Morgan fingerprint density at radius 1 is 1.14 bits per heavy atom. The summed E-state index contributed by atoms with van der Waals surface area (Å²) in [6.07, 6.45) is 4.63. The van der Waals surface area contributed by atoms with Crippen LogP contribution in [-0.4, -0.2) is 11.9 Å². The Morgan fingerprint density at radius 3 is 2.41 bits per heavy atom. The zero-order valence-corrected chi connectivity index (χ0v) is 12.8. The van der Waals surface area contributed by atoms with Crippen LogP contribution < -0.4 is 10.4 Å². The number of carbonyl (C=O) groups excluding carboxylic acids is 2. The SMILES string of the molecule is CC(C)c1ccccc1NC(=O)[C@@H]1[C@@H](C(=O)[O-])[C@H]2C=C[C@@H]1C2. The maximum Gasteiger partial charge on any atom is 0.228 e. The van der Waals surface area contributed by atoms with Gasteiger partial charge in [0.05, 0.1) is 5.92 Å². The van der Waals surface area contributed by atoms with E-state index in [1.54, 1.807) is 0 Å². The van der Waals surface area contributed by atoms with Crippen molar-refractivity contribution in [3.05, 3.63) is 42.0 Å². The van der Waals surface area contributed by atoms with Crippen molar-refractivity contribution in [3.63, 3.8) is 0 Å². The number of aliphatic carboxylic acids is 1. The summed E-state index contributed by atoms with van der Waals surface area (Å²) in [6.45, 7) is 4.13. The van der Waals surface area contributed by atoms with Crippen LogP contribution in [-0.2, 0) is 9.59 Å². The lowest BCUT2D eigenvalue weighted by atomic mass is 9.82. The summed E-state index contributed by atoms with van der Waals surface area (Å²) in [5.41, 5.74) is 1.82. The van der Waals surface area contributed by atoms with Crippen LogP contribution in [0.2, 0.25) is 0 Å². The van der Waals surface area contributed by atoms with E-state index < -0.39 is 17.8 Å². The fourth-order valence-electron chi connectivity index (χ4n) is 3.83. The highest BCUT2D eigenvalue weighted by atomic mass is 16.4. The molecule has 116 valence electrons. The third-order valence-corrected chi connectivity index (χ3v) is 4.87. The van der Waals surface area contributed by atoms with E-state index in [1.165, 1.54) is 0 Å². The monoisotopic (exact) mass is 298 g/mol. The van der Waals surface area contributed by atoms with Crippen molar-refractivity contribution in [2.45, 2.75) is 26.2 Å². The van der Waals surface area contributed by atoms with Crippen LogP contribution in [0.4, 0.5) is 5.69 Å². The number of carboxylic acid groups (broad SMARTS) is 1. The maximum atomic E-state index is 12.7. The van der Waals surface area contributed by atoms with E-state index in [1.807, 2.05) is 36.4 Å². The van der Waals surface area contributed by atoms with Crippen LogP contribution in [0.5, 0.6) is 0 Å². The second kappa shape index (κ2) is 5.59. The fourth-order valence-corrected chi connectivity index (χ4v) is 3.83. The molecule has 0 heterocycles. The number of benzene rings is 1. The quantitative estimate of drug-likeness (QED) is 0.864. The first-order chi connectivity index (χ1) is 10.5. The van der Waals surface area contributed by atoms with Gasteiger partial charge in [0, 0.05) is 17.6 Å². The summed E-state index contributed by atoms with van der Waals surface area (Å²) in [7, 11) is 0. The number of fused-ring (bicyclic) bond motifs is 2. The van der Waals surface area contributed by atoms with Crippen molar-refractivity contribution in [2.24, 2.45) is 23.7 Å². The zero-order valence-electron chi connectivity index (χ0n) is 12.8. The molecular formula is C18H20NO3-. The van der Waals surface area contributed by atoms with Gasteiger partial charge >= 0.3 is 0 Å². The molecule has 1 aromatic rings.